The topological polar surface area (TPSA) is 58.6 Å². The fourth-order valence-electron chi connectivity index (χ4n) is 3.47. The van der Waals surface area contributed by atoms with Crippen molar-refractivity contribution in [3.05, 3.63) is 89.5 Å². The molecule has 0 fully saturated rings. The van der Waals surface area contributed by atoms with E-state index >= 15 is 0 Å². The molecule has 1 atom stereocenters. The van der Waals surface area contributed by atoms with Gasteiger partial charge in [-0.2, -0.15) is 4.31 Å². The van der Waals surface area contributed by atoms with Gasteiger partial charge >= 0.3 is 0 Å². The van der Waals surface area contributed by atoms with Crippen molar-refractivity contribution in [3.63, 3.8) is 0 Å². The molecule has 1 unspecified atom stereocenters. The van der Waals surface area contributed by atoms with Gasteiger partial charge in [0.2, 0.25) is 10.0 Å². The summed E-state index contributed by atoms with van der Waals surface area (Å²) in [6, 6.07) is 22.4. The number of anilines is 1. The highest BCUT2D eigenvalue weighted by molar-refractivity contribution is 7.89. The number of para-hydroxylation sites is 1. The van der Waals surface area contributed by atoms with Gasteiger partial charge < -0.3 is 10.1 Å². The Morgan fingerprint density at radius 3 is 2.46 bits per heavy atom. The molecule has 0 amide bonds. The van der Waals surface area contributed by atoms with Crippen molar-refractivity contribution in [2.75, 3.05) is 12.4 Å². The Labute approximate surface area is 165 Å². The third kappa shape index (κ3) is 3.37. The summed E-state index contributed by atoms with van der Waals surface area (Å²) in [5.74, 6) is 0.740. The van der Waals surface area contributed by atoms with Crippen LogP contribution in [0.1, 0.15) is 22.9 Å². The Balaban J connectivity index is 1.80. The summed E-state index contributed by atoms with van der Waals surface area (Å²) in [7, 11) is -2.06. The summed E-state index contributed by atoms with van der Waals surface area (Å²) < 4.78 is 33.6. The molecule has 1 aliphatic heterocycles. The lowest BCUT2D eigenvalue weighted by atomic mass is 10.1. The molecule has 1 heterocycles. The second-order valence-corrected chi connectivity index (χ2v) is 8.71. The predicted octanol–water partition coefficient (Wildman–Crippen LogP) is 4.32. The number of rotatable bonds is 4. The Kier molecular flexibility index (Phi) is 4.83. The molecule has 0 bridgehead atoms. The van der Waals surface area contributed by atoms with E-state index in [1.54, 1.807) is 25.3 Å². The average molecular weight is 394 g/mol. The minimum Gasteiger partial charge on any atom is -0.497 e. The molecule has 1 aliphatic rings. The van der Waals surface area contributed by atoms with Crippen molar-refractivity contribution >= 4 is 15.7 Å². The number of fused-ring (bicyclic) bond motifs is 1. The predicted molar refractivity (Wildman–Crippen MR) is 110 cm³/mol. The zero-order valence-corrected chi connectivity index (χ0v) is 16.6. The first-order chi connectivity index (χ1) is 13.5. The standard InChI is InChI=1S/C22H22N2O3S/c1-16-6-5-7-18(14-16)22-23-20-8-3-4-9-21(20)28(25,26)24(22)15-17-10-12-19(27-2)13-11-17/h3-14,22-23H,15H2,1-2H3. The molecule has 0 aliphatic carbocycles. The Morgan fingerprint density at radius 2 is 1.75 bits per heavy atom. The summed E-state index contributed by atoms with van der Waals surface area (Å²) in [4.78, 5) is 0.299. The first-order valence-corrected chi connectivity index (χ1v) is 10.5. The Bertz CT molecular complexity index is 1090. The number of sulfonamides is 1. The Hall–Kier alpha value is -2.83. The number of nitrogens with zero attached hydrogens (tertiary/aromatic N) is 1. The van der Waals surface area contributed by atoms with E-state index < -0.39 is 16.2 Å². The molecular formula is C22H22N2O3S. The van der Waals surface area contributed by atoms with Crippen LogP contribution in [0.2, 0.25) is 0 Å². The monoisotopic (exact) mass is 394 g/mol. The summed E-state index contributed by atoms with van der Waals surface area (Å²) in [5.41, 5.74) is 3.51. The van der Waals surface area contributed by atoms with Crippen molar-refractivity contribution < 1.29 is 13.2 Å². The lowest BCUT2D eigenvalue weighted by molar-refractivity contribution is 0.336. The minimum atomic E-state index is -3.67. The number of ether oxygens (including phenoxy) is 1. The molecule has 0 radical (unpaired) electrons. The lowest BCUT2D eigenvalue weighted by Gasteiger charge is -2.37. The summed E-state index contributed by atoms with van der Waals surface area (Å²) in [6.45, 7) is 2.26. The van der Waals surface area contributed by atoms with Crippen LogP contribution in [0.3, 0.4) is 0 Å². The maximum atomic E-state index is 13.5. The van der Waals surface area contributed by atoms with Crippen LogP contribution in [-0.2, 0) is 16.6 Å². The highest BCUT2D eigenvalue weighted by atomic mass is 32.2. The second kappa shape index (κ2) is 7.30. The van der Waals surface area contributed by atoms with Crippen molar-refractivity contribution in [2.45, 2.75) is 24.5 Å². The van der Waals surface area contributed by atoms with Crippen molar-refractivity contribution in [1.29, 1.82) is 0 Å². The minimum absolute atomic E-state index is 0.256. The molecule has 0 saturated heterocycles. The van der Waals surface area contributed by atoms with Crippen LogP contribution < -0.4 is 10.1 Å². The fourth-order valence-corrected chi connectivity index (χ4v) is 5.15. The second-order valence-electron chi connectivity index (χ2n) is 6.86. The van der Waals surface area contributed by atoms with E-state index in [1.807, 2.05) is 61.5 Å². The van der Waals surface area contributed by atoms with Gasteiger partial charge in [0.05, 0.1) is 12.8 Å². The van der Waals surface area contributed by atoms with Gasteiger partial charge in [0.25, 0.3) is 0 Å². The fraction of sp³-hybridized carbons (Fsp3) is 0.182. The number of aryl methyl sites for hydroxylation is 1. The number of methoxy groups -OCH3 is 1. The highest BCUT2D eigenvalue weighted by Gasteiger charge is 2.38. The SMILES string of the molecule is COc1ccc(CN2C(c3cccc(C)c3)Nc3ccccc3S2(=O)=O)cc1. The van der Waals surface area contributed by atoms with Crippen LogP contribution in [0.15, 0.2) is 77.7 Å². The third-order valence-electron chi connectivity index (χ3n) is 4.91. The lowest BCUT2D eigenvalue weighted by Crippen LogP contribution is -2.42. The summed E-state index contributed by atoms with van der Waals surface area (Å²) in [6.07, 6.45) is -0.484. The van der Waals surface area contributed by atoms with Crippen LogP contribution >= 0.6 is 0 Å². The van der Waals surface area contributed by atoms with Crippen molar-refractivity contribution in [2.24, 2.45) is 0 Å². The maximum absolute atomic E-state index is 13.5. The zero-order chi connectivity index (χ0) is 19.7. The maximum Gasteiger partial charge on any atom is 0.247 e. The number of hydrogen-bond acceptors (Lipinski definition) is 4. The van der Waals surface area contributed by atoms with E-state index in [0.29, 0.717) is 10.6 Å². The molecule has 3 aromatic carbocycles. The van der Waals surface area contributed by atoms with E-state index in [-0.39, 0.29) is 6.54 Å². The largest absolute Gasteiger partial charge is 0.497 e. The first kappa shape index (κ1) is 18.5. The molecule has 6 heteroatoms. The molecule has 4 rings (SSSR count). The van der Waals surface area contributed by atoms with Crippen molar-refractivity contribution in [3.8, 4) is 5.75 Å². The molecule has 0 saturated carbocycles. The molecule has 5 nitrogen and oxygen atoms in total. The number of hydrogen-bond donors (Lipinski definition) is 1. The van der Waals surface area contributed by atoms with Gasteiger partial charge in [0, 0.05) is 6.54 Å². The van der Waals surface area contributed by atoms with Crippen LogP contribution in [0.5, 0.6) is 5.75 Å². The van der Waals surface area contributed by atoms with Crippen molar-refractivity contribution in [1.82, 2.24) is 4.31 Å². The van der Waals surface area contributed by atoms with Gasteiger partial charge in [-0.25, -0.2) is 8.42 Å². The number of nitrogens with one attached hydrogen (secondary N) is 1. The van der Waals surface area contributed by atoms with Gasteiger partial charge in [-0.15, -0.1) is 0 Å². The third-order valence-corrected chi connectivity index (χ3v) is 6.78. The first-order valence-electron chi connectivity index (χ1n) is 9.06. The highest BCUT2D eigenvalue weighted by Crippen LogP contribution is 2.39. The van der Waals surface area contributed by atoms with Crippen LogP contribution in [0.4, 0.5) is 5.69 Å². The summed E-state index contributed by atoms with van der Waals surface area (Å²) in [5, 5.41) is 3.41. The molecular weight excluding hydrogens is 372 g/mol. The Morgan fingerprint density at radius 1 is 1.00 bits per heavy atom. The van der Waals surface area contributed by atoms with Gasteiger partial charge in [-0.1, -0.05) is 54.1 Å². The van der Waals surface area contributed by atoms with Gasteiger partial charge in [0.15, 0.2) is 0 Å². The molecule has 1 N–H and O–H groups in total. The number of benzene rings is 3. The van der Waals surface area contributed by atoms with Gasteiger partial charge in [0.1, 0.15) is 16.8 Å². The molecule has 0 aromatic heterocycles. The molecule has 28 heavy (non-hydrogen) atoms. The van der Waals surface area contributed by atoms with E-state index in [9.17, 15) is 8.42 Å². The van der Waals surface area contributed by atoms with E-state index in [4.69, 9.17) is 4.74 Å². The summed E-state index contributed by atoms with van der Waals surface area (Å²) >= 11 is 0. The molecule has 0 spiro atoms. The van der Waals surface area contributed by atoms with Crippen LogP contribution in [-0.4, -0.2) is 19.8 Å². The van der Waals surface area contributed by atoms with E-state index in [1.165, 1.54) is 4.31 Å². The van der Waals surface area contributed by atoms with Crippen LogP contribution in [0, 0.1) is 6.92 Å². The quantitative estimate of drug-likeness (QED) is 0.716. The van der Waals surface area contributed by atoms with Crippen LogP contribution in [0.25, 0.3) is 0 Å². The van der Waals surface area contributed by atoms with Gasteiger partial charge in [-0.05, 0) is 42.3 Å². The molecule has 144 valence electrons. The normalized spacial score (nSPS) is 18.1. The van der Waals surface area contributed by atoms with E-state index in [0.717, 1.165) is 22.4 Å². The van der Waals surface area contributed by atoms with Gasteiger partial charge in [-0.3, -0.25) is 0 Å². The average Bonchev–Trinajstić information content (AvgIpc) is 2.70. The molecule has 3 aromatic rings. The zero-order valence-electron chi connectivity index (χ0n) is 15.8. The smallest absolute Gasteiger partial charge is 0.247 e. The van der Waals surface area contributed by atoms with E-state index in [2.05, 4.69) is 5.32 Å².